The molecule has 0 radical (unpaired) electrons. The van der Waals surface area contributed by atoms with Gasteiger partial charge >= 0.3 is 0 Å². The van der Waals surface area contributed by atoms with Gasteiger partial charge in [-0.2, -0.15) is 0 Å². The molecular formula is C18H22Cl2NO3P. The minimum Gasteiger partial charge on any atom is -0.391 e. The standard InChI is InChI=1S/C18H22Cl2NO3P/c1-13(15-7-8-17(19)18(20)9-15)21-10-16(22)12-25(23,24)11-14-5-3-2-4-6-14/h2-9,13,16,21-22H,10-12H2,1H3,(H,23,24)/t13-,16+/m0/s1. The highest BCUT2D eigenvalue weighted by molar-refractivity contribution is 7.57. The van der Waals surface area contributed by atoms with Crippen molar-refractivity contribution < 1.29 is 14.6 Å². The zero-order valence-electron chi connectivity index (χ0n) is 13.9. The first-order valence-corrected chi connectivity index (χ1v) is 10.8. The minimum atomic E-state index is -3.45. The van der Waals surface area contributed by atoms with Crippen LogP contribution in [0.5, 0.6) is 0 Å². The summed E-state index contributed by atoms with van der Waals surface area (Å²) in [5.41, 5.74) is 1.72. The monoisotopic (exact) mass is 401 g/mol. The third-order valence-electron chi connectivity index (χ3n) is 3.87. The molecular weight excluding hydrogens is 380 g/mol. The Morgan fingerprint density at radius 3 is 2.44 bits per heavy atom. The van der Waals surface area contributed by atoms with Gasteiger partial charge in [0.05, 0.1) is 22.3 Å². The fourth-order valence-corrected chi connectivity index (χ4v) is 4.54. The molecule has 0 spiro atoms. The van der Waals surface area contributed by atoms with Gasteiger partial charge in [0.25, 0.3) is 0 Å². The van der Waals surface area contributed by atoms with Gasteiger partial charge in [0.2, 0.25) is 7.37 Å². The lowest BCUT2D eigenvalue weighted by molar-refractivity contribution is 0.186. The Hall–Kier alpha value is -0.870. The molecule has 0 amide bonds. The number of hydrogen-bond acceptors (Lipinski definition) is 3. The van der Waals surface area contributed by atoms with E-state index in [1.807, 2.05) is 31.2 Å². The normalized spacial score (nSPS) is 16.2. The van der Waals surface area contributed by atoms with Gasteiger partial charge in [-0.25, -0.2) is 0 Å². The Morgan fingerprint density at radius 1 is 1.12 bits per heavy atom. The number of benzene rings is 2. The summed E-state index contributed by atoms with van der Waals surface area (Å²) in [5, 5.41) is 14.2. The van der Waals surface area contributed by atoms with E-state index in [9.17, 15) is 14.6 Å². The third kappa shape index (κ3) is 6.74. The van der Waals surface area contributed by atoms with Crippen molar-refractivity contribution in [3.05, 3.63) is 69.7 Å². The Labute approximate surface area is 158 Å². The largest absolute Gasteiger partial charge is 0.391 e. The molecule has 25 heavy (non-hydrogen) atoms. The van der Waals surface area contributed by atoms with Crippen molar-refractivity contribution in [2.75, 3.05) is 12.7 Å². The predicted molar refractivity (Wildman–Crippen MR) is 104 cm³/mol. The molecule has 3 atom stereocenters. The lowest BCUT2D eigenvalue weighted by Gasteiger charge is -2.20. The molecule has 0 heterocycles. The Balaban J connectivity index is 1.85. The van der Waals surface area contributed by atoms with E-state index < -0.39 is 13.5 Å². The van der Waals surface area contributed by atoms with Gasteiger partial charge in [0.15, 0.2) is 0 Å². The van der Waals surface area contributed by atoms with E-state index in [1.54, 1.807) is 24.3 Å². The average Bonchev–Trinajstić information content (AvgIpc) is 2.55. The molecule has 0 aliphatic heterocycles. The predicted octanol–water partition coefficient (Wildman–Crippen LogP) is 4.48. The van der Waals surface area contributed by atoms with Crippen molar-refractivity contribution in [2.45, 2.75) is 25.2 Å². The summed E-state index contributed by atoms with van der Waals surface area (Å²) in [6.07, 6.45) is -0.999. The van der Waals surface area contributed by atoms with E-state index in [0.717, 1.165) is 11.1 Å². The fraction of sp³-hybridized carbons (Fsp3) is 0.333. The fourth-order valence-electron chi connectivity index (χ4n) is 2.54. The highest BCUT2D eigenvalue weighted by atomic mass is 35.5. The van der Waals surface area contributed by atoms with Gasteiger partial charge in [-0.15, -0.1) is 0 Å². The Bertz CT molecular complexity index is 742. The van der Waals surface area contributed by atoms with Crippen LogP contribution < -0.4 is 5.32 Å². The number of hydrogen-bond donors (Lipinski definition) is 3. The summed E-state index contributed by atoms with van der Waals surface area (Å²) in [6.45, 7) is 2.13. The van der Waals surface area contributed by atoms with Crippen molar-refractivity contribution in [3.8, 4) is 0 Å². The minimum absolute atomic E-state index is 0.0627. The first-order valence-electron chi connectivity index (χ1n) is 7.98. The van der Waals surface area contributed by atoms with Crippen molar-refractivity contribution in [3.63, 3.8) is 0 Å². The van der Waals surface area contributed by atoms with Crippen molar-refractivity contribution in [2.24, 2.45) is 0 Å². The van der Waals surface area contributed by atoms with Crippen LogP contribution >= 0.6 is 30.6 Å². The van der Waals surface area contributed by atoms with E-state index in [-0.39, 0.29) is 24.9 Å². The van der Waals surface area contributed by atoms with Crippen LogP contribution in [-0.2, 0) is 10.7 Å². The smallest absolute Gasteiger partial charge is 0.207 e. The SMILES string of the molecule is C[C@H](NC[C@@H](O)CP(=O)(O)Cc1ccccc1)c1ccc(Cl)c(Cl)c1. The summed E-state index contributed by atoms with van der Waals surface area (Å²) in [5.74, 6) is 0. The van der Waals surface area contributed by atoms with Gasteiger partial charge in [0, 0.05) is 18.7 Å². The lowest BCUT2D eigenvalue weighted by atomic mass is 10.1. The second-order valence-electron chi connectivity index (χ2n) is 6.13. The van der Waals surface area contributed by atoms with E-state index in [4.69, 9.17) is 23.2 Å². The van der Waals surface area contributed by atoms with Crippen molar-refractivity contribution in [1.29, 1.82) is 0 Å². The van der Waals surface area contributed by atoms with Crippen LogP contribution in [0.1, 0.15) is 24.1 Å². The molecule has 3 N–H and O–H groups in total. The van der Waals surface area contributed by atoms with Crippen LogP contribution in [0.4, 0.5) is 0 Å². The van der Waals surface area contributed by atoms with Gasteiger partial charge in [-0.05, 0) is 30.2 Å². The number of aliphatic hydroxyl groups is 1. The van der Waals surface area contributed by atoms with Gasteiger partial charge < -0.3 is 15.3 Å². The molecule has 1 unspecified atom stereocenters. The maximum Gasteiger partial charge on any atom is 0.207 e. The van der Waals surface area contributed by atoms with Crippen LogP contribution in [0.25, 0.3) is 0 Å². The van der Waals surface area contributed by atoms with Gasteiger partial charge in [-0.3, -0.25) is 4.57 Å². The highest BCUT2D eigenvalue weighted by Crippen LogP contribution is 2.44. The van der Waals surface area contributed by atoms with Crippen molar-refractivity contribution >= 4 is 30.6 Å². The first-order chi connectivity index (χ1) is 11.8. The third-order valence-corrected chi connectivity index (χ3v) is 6.46. The van der Waals surface area contributed by atoms with E-state index in [1.165, 1.54) is 0 Å². The summed E-state index contributed by atoms with van der Waals surface area (Å²) in [6, 6.07) is 14.4. The molecule has 7 heteroatoms. The quantitative estimate of drug-likeness (QED) is 0.570. The summed E-state index contributed by atoms with van der Waals surface area (Å²) in [4.78, 5) is 10.1. The summed E-state index contributed by atoms with van der Waals surface area (Å²) in [7, 11) is -3.45. The molecule has 136 valence electrons. The maximum atomic E-state index is 12.3. The van der Waals surface area contributed by atoms with Crippen LogP contribution in [0, 0.1) is 0 Å². The molecule has 0 saturated heterocycles. The second kappa shape index (κ2) is 9.18. The topological polar surface area (TPSA) is 69.6 Å². The number of rotatable bonds is 8. The summed E-state index contributed by atoms with van der Waals surface area (Å²) < 4.78 is 12.3. The molecule has 0 aromatic heterocycles. The lowest BCUT2D eigenvalue weighted by Crippen LogP contribution is -2.31. The summed E-state index contributed by atoms with van der Waals surface area (Å²) >= 11 is 11.9. The number of halogens is 2. The molecule has 2 aromatic rings. The Kier molecular flexibility index (Phi) is 7.51. The molecule has 4 nitrogen and oxygen atoms in total. The van der Waals surface area contributed by atoms with E-state index in [0.29, 0.717) is 10.0 Å². The molecule has 0 fully saturated rings. The van der Waals surface area contributed by atoms with E-state index in [2.05, 4.69) is 5.32 Å². The van der Waals surface area contributed by atoms with Crippen molar-refractivity contribution in [1.82, 2.24) is 5.32 Å². The molecule has 0 aliphatic carbocycles. The molecule has 2 aromatic carbocycles. The molecule has 0 bridgehead atoms. The van der Waals surface area contributed by atoms with Crippen LogP contribution in [0.15, 0.2) is 48.5 Å². The van der Waals surface area contributed by atoms with Crippen LogP contribution in [-0.4, -0.2) is 28.8 Å². The molecule has 0 saturated carbocycles. The van der Waals surface area contributed by atoms with Crippen LogP contribution in [0.3, 0.4) is 0 Å². The zero-order valence-corrected chi connectivity index (χ0v) is 16.3. The van der Waals surface area contributed by atoms with Gasteiger partial charge in [-0.1, -0.05) is 59.6 Å². The first kappa shape index (κ1) is 20.4. The Morgan fingerprint density at radius 2 is 1.80 bits per heavy atom. The van der Waals surface area contributed by atoms with E-state index >= 15 is 0 Å². The maximum absolute atomic E-state index is 12.3. The zero-order chi connectivity index (χ0) is 18.4. The average molecular weight is 402 g/mol. The number of nitrogens with one attached hydrogen (secondary N) is 1. The molecule has 2 rings (SSSR count). The number of aliphatic hydroxyl groups excluding tert-OH is 1. The molecule has 0 aliphatic rings. The van der Waals surface area contributed by atoms with Crippen LogP contribution in [0.2, 0.25) is 10.0 Å². The second-order valence-corrected chi connectivity index (χ2v) is 9.32. The highest BCUT2D eigenvalue weighted by Gasteiger charge is 2.23. The van der Waals surface area contributed by atoms with Gasteiger partial charge in [0.1, 0.15) is 0 Å².